The summed E-state index contributed by atoms with van der Waals surface area (Å²) in [5.41, 5.74) is 0.746. The summed E-state index contributed by atoms with van der Waals surface area (Å²) in [5.74, 6) is -0.460. The van der Waals surface area contributed by atoms with Crippen LogP contribution in [0.3, 0.4) is 0 Å². The zero-order valence-electron chi connectivity index (χ0n) is 14.2. The first-order chi connectivity index (χ1) is 12.4. The lowest BCUT2D eigenvalue weighted by Gasteiger charge is -2.16. The summed E-state index contributed by atoms with van der Waals surface area (Å²) in [6, 6.07) is 10.2. The average molecular weight is 391 g/mol. The van der Waals surface area contributed by atoms with Crippen LogP contribution in [0.2, 0.25) is 5.02 Å². The second-order valence-electron chi connectivity index (χ2n) is 6.04. The third-order valence-corrected chi connectivity index (χ3v) is 5.03. The van der Waals surface area contributed by atoms with E-state index in [0.717, 1.165) is 0 Å². The lowest BCUT2D eigenvalue weighted by Crippen LogP contribution is -2.25. The minimum absolute atomic E-state index is 0.0941. The van der Waals surface area contributed by atoms with E-state index >= 15 is 0 Å². The van der Waals surface area contributed by atoms with Gasteiger partial charge in [-0.1, -0.05) is 23.4 Å². The molecule has 0 saturated carbocycles. The Labute approximate surface area is 159 Å². The summed E-state index contributed by atoms with van der Waals surface area (Å²) in [5, 5.41) is 1.43. The first kappa shape index (κ1) is 18.6. The molecule has 26 heavy (non-hydrogen) atoms. The van der Waals surface area contributed by atoms with Crippen molar-refractivity contribution in [3.8, 4) is 0 Å². The van der Waals surface area contributed by atoms with Crippen LogP contribution in [0.25, 0.3) is 10.9 Å². The summed E-state index contributed by atoms with van der Waals surface area (Å²) in [6.07, 6.45) is 0. The topological polar surface area (TPSA) is 52.0 Å². The van der Waals surface area contributed by atoms with Crippen LogP contribution in [0.4, 0.5) is 4.39 Å². The zero-order valence-corrected chi connectivity index (χ0v) is 15.8. The molecule has 0 unspecified atom stereocenters. The molecule has 3 rings (SSSR count). The molecule has 0 amide bonds. The van der Waals surface area contributed by atoms with Crippen molar-refractivity contribution in [1.82, 2.24) is 9.55 Å². The Morgan fingerprint density at radius 3 is 2.58 bits per heavy atom. The molecule has 0 bridgehead atoms. The molecule has 0 radical (unpaired) electrons. The van der Waals surface area contributed by atoms with Gasteiger partial charge in [0.25, 0.3) is 5.56 Å². The molecule has 0 N–H and O–H groups in total. The number of thioether (sulfide) groups is 1. The number of carbonyl (C=O) groups is 1. The number of carbonyl (C=O) groups excluding carboxylic acids is 1. The van der Waals surface area contributed by atoms with Crippen LogP contribution in [0.1, 0.15) is 30.2 Å². The molecule has 0 atom stereocenters. The van der Waals surface area contributed by atoms with Crippen molar-refractivity contribution in [2.24, 2.45) is 0 Å². The van der Waals surface area contributed by atoms with Gasteiger partial charge < -0.3 is 0 Å². The largest absolute Gasteiger partial charge is 0.293 e. The second-order valence-corrected chi connectivity index (χ2v) is 7.42. The Morgan fingerprint density at radius 1 is 1.23 bits per heavy atom. The maximum absolute atomic E-state index is 13.0. The number of hydrogen-bond donors (Lipinski definition) is 0. The van der Waals surface area contributed by atoms with Crippen molar-refractivity contribution in [2.45, 2.75) is 25.0 Å². The number of nitrogens with zero attached hydrogens (tertiary/aromatic N) is 2. The highest BCUT2D eigenvalue weighted by molar-refractivity contribution is 7.99. The summed E-state index contributed by atoms with van der Waals surface area (Å²) < 4.78 is 14.6. The van der Waals surface area contributed by atoms with E-state index in [0.29, 0.717) is 26.6 Å². The third kappa shape index (κ3) is 3.81. The molecule has 3 aromatic rings. The predicted octanol–water partition coefficient (Wildman–Crippen LogP) is 4.74. The Bertz CT molecular complexity index is 1030. The molecule has 0 aliphatic heterocycles. The maximum Gasteiger partial charge on any atom is 0.262 e. The number of aromatic nitrogens is 2. The maximum atomic E-state index is 13.0. The molecule has 0 aliphatic rings. The molecule has 7 heteroatoms. The smallest absolute Gasteiger partial charge is 0.262 e. The van der Waals surface area contributed by atoms with Gasteiger partial charge in [-0.05, 0) is 56.3 Å². The number of rotatable bonds is 5. The fourth-order valence-corrected chi connectivity index (χ4v) is 3.75. The van der Waals surface area contributed by atoms with Crippen LogP contribution >= 0.6 is 23.4 Å². The van der Waals surface area contributed by atoms with Gasteiger partial charge in [0.15, 0.2) is 10.9 Å². The molecule has 1 heterocycles. The molecule has 0 spiro atoms. The van der Waals surface area contributed by atoms with Crippen LogP contribution < -0.4 is 5.56 Å². The second kappa shape index (κ2) is 7.60. The Morgan fingerprint density at radius 2 is 1.92 bits per heavy atom. The van der Waals surface area contributed by atoms with Crippen molar-refractivity contribution in [1.29, 1.82) is 0 Å². The van der Waals surface area contributed by atoms with E-state index in [2.05, 4.69) is 4.98 Å². The molecule has 0 fully saturated rings. The van der Waals surface area contributed by atoms with E-state index in [-0.39, 0.29) is 23.1 Å². The van der Waals surface area contributed by atoms with Crippen LogP contribution in [0, 0.1) is 5.82 Å². The lowest BCUT2D eigenvalue weighted by molar-refractivity contribution is 0.102. The van der Waals surface area contributed by atoms with Crippen molar-refractivity contribution in [2.75, 3.05) is 5.75 Å². The number of fused-ring (bicyclic) bond motifs is 1. The van der Waals surface area contributed by atoms with Crippen molar-refractivity contribution < 1.29 is 9.18 Å². The minimum atomic E-state index is -0.393. The van der Waals surface area contributed by atoms with Gasteiger partial charge in [0.05, 0.1) is 16.7 Å². The van der Waals surface area contributed by atoms with Crippen LogP contribution in [-0.2, 0) is 0 Å². The highest BCUT2D eigenvalue weighted by Crippen LogP contribution is 2.23. The van der Waals surface area contributed by atoms with Gasteiger partial charge in [0.1, 0.15) is 5.82 Å². The minimum Gasteiger partial charge on any atom is -0.293 e. The Balaban J connectivity index is 1.95. The van der Waals surface area contributed by atoms with Crippen molar-refractivity contribution in [3.05, 3.63) is 69.2 Å². The van der Waals surface area contributed by atoms with Crippen LogP contribution in [0.5, 0.6) is 0 Å². The van der Waals surface area contributed by atoms with Crippen molar-refractivity contribution >= 4 is 40.0 Å². The number of benzene rings is 2. The lowest BCUT2D eigenvalue weighted by atomic mass is 10.1. The molecular weight excluding hydrogens is 375 g/mol. The van der Waals surface area contributed by atoms with Gasteiger partial charge in [-0.15, -0.1) is 0 Å². The summed E-state index contributed by atoms with van der Waals surface area (Å²) in [7, 11) is 0. The van der Waals surface area contributed by atoms with Crippen LogP contribution in [-0.4, -0.2) is 21.1 Å². The highest BCUT2D eigenvalue weighted by atomic mass is 35.5. The summed E-state index contributed by atoms with van der Waals surface area (Å²) in [4.78, 5) is 29.7. The first-order valence-corrected chi connectivity index (χ1v) is 9.36. The normalized spacial score (nSPS) is 11.3. The van der Waals surface area contributed by atoms with Gasteiger partial charge in [-0.3, -0.25) is 14.2 Å². The standard InChI is InChI=1S/C19H16ClFN2O2S/c1-11(2)23-18(25)15-8-5-13(20)9-16(15)22-19(23)26-10-17(24)12-3-6-14(21)7-4-12/h3-9,11H,10H2,1-2H3. The number of Topliss-reactive ketones (excluding diaryl/α,β-unsaturated/α-hetero) is 1. The van der Waals surface area contributed by atoms with E-state index in [1.165, 1.54) is 36.0 Å². The van der Waals surface area contributed by atoms with E-state index in [9.17, 15) is 14.0 Å². The Hall–Kier alpha value is -2.18. The van der Waals surface area contributed by atoms with Gasteiger partial charge in [-0.25, -0.2) is 9.37 Å². The predicted molar refractivity (Wildman–Crippen MR) is 103 cm³/mol. The monoisotopic (exact) mass is 390 g/mol. The quantitative estimate of drug-likeness (QED) is 0.358. The van der Waals surface area contributed by atoms with Crippen molar-refractivity contribution in [3.63, 3.8) is 0 Å². The van der Waals surface area contributed by atoms with E-state index < -0.39 is 5.82 Å². The first-order valence-electron chi connectivity index (χ1n) is 8.00. The summed E-state index contributed by atoms with van der Waals surface area (Å²) >= 11 is 7.19. The fourth-order valence-electron chi connectivity index (χ4n) is 2.56. The summed E-state index contributed by atoms with van der Waals surface area (Å²) in [6.45, 7) is 3.77. The van der Waals surface area contributed by atoms with Gasteiger partial charge in [0.2, 0.25) is 0 Å². The highest BCUT2D eigenvalue weighted by Gasteiger charge is 2.16. The molecule has 4 nitrogen and oxygen atoms in total. The molecule has 1 aromatic heterocycles. The van der Waals surface area contributed by atoms with E-state index in [1.54, 1.807) is 22.8 Å². The average Bonchev–Trinajstić information content (AvgIpc) is 2.59. The number of hydrogen-bond acceptors (Lipinski definition) is 4. The fraction of sp³-hybridized carbons (Fsp3) is 0.211. The van der Waals surface area contributed by atoms with Gasteiger partial charge >= 0.3 is 0 Å². The SMILES string of the molecule is CC(C)n1c(SCC(=O)c2ccc(F)cc2)nc2cc(Cl)ccc2c1=O. The number of halogens is 2. The molecule has 2 aromatic carbocycles. The zero-order chi connectivity index (χ0) is 18.8. The van der Waals surface area contributed by atoms with Gasteiger partial charge in [-0.2, -0.15) is 0 Å². The molecule has 134 valence electrons. The molecule has 0 aliphatic carbocycles. The van der Waals surface area contributed by atoms with E-state index in [4.69, 9.17) is 11.6 Å². The van der Waals surface area contributed by atoms with Crippen LogP contribution in [0.15, 0.2) is 52.4 Å². The third-order valence-electron chi connectivity index (χ3n) is 3.85. The molecule has 0 saturated heterocycles. The molecular formula is C19H16ClFN2O2S. The number of ketones is 1. The Kier molecular flexibility index (Phi) is 5.44. The van der Waals surface area contributed by atoms with E-state index in [1.807, 2.05) is 13.8 Å². The van der Waals surface area contributed by atoms with Gasteiger partial charge in [0, 0.05) is 16.6 Å².